The van der Waals surface area contributed by atoms with Gasteiger partial charge in [0.1, 0.15) is 32.7 Å². The Kier molecular flexibility index (Phi) is 8.66. The summed E-state index contributed by atoms with van der Waals surface area (Å²) in [5.74, 6) is -3.70. The highest BCUT2D eigenvalue weighted by Gasteiger charge is 2.56. The number of thioether (sulfide) groups is 1. The predicted molar refractivity (Wildman–Crippen MR) is 169 cm³/mol. The SMILES string of the molecule is CNCCCn1ccc2c1ccc[n+]2CC1=C(C(=O)O)N2C(=O)C(NC(=O)/C(=N\OC3(C(=O)O)CC3)c3nc(N)sc3Cl)C2SC1. The minimum absolute atomic E-state index is 0.0188. The van der Waals surface area contributed by atoms with Crippen molar-refractivity contribution in [3.05, 3.63) is 51.9 Å². The number of nitrogens with zero attached hydrogens (tertiary/aromatic N) is 5. The van der Waals surface area contributed by atoms with Gasteiger partial charge in [0, 0.05) is 49.0 Å². The maximum atomic E-state index is 13.4. The lowest BCUT2D eigenvalue weighted by atomic mass is 10.0. The Morgan fingerprint density at radius 2 is 2.09 bits per heavy atom. The molecule has 46 heavy (non-hydrogen) atoms. The van der Waals surface area contributed by atoms with Crippen molar-refractivity contribution < 1.29 is 38.8 Å². The molecule has 6 rings (SSSR count). The molecule has 3 aromatic heterocycles. The Hall–Kier alpha value is -4.19. The summed E-state index contributed by atoms with van der Waals surface area (Å²) in [6.45, 7) is 1.96. The average Bonchev–Trinajstić information content (AvgIpc) is 3.60. The number of nitrogen functional groups attached to an aromatic ring is 1. The minimum Gasteiger partial charge on any atom is -0.478 e. The quantitative estimate of drug-likeness (QED) is 0.0563. The lowest BCUT2D eigenvalue weighted by Crippen LogP contribution is -2.71. The Morgan fingerprint density at radius 1 is 1.30 bits per heavy atom. The van der Waals surface area contributed by atoms with Crippen LogP contribution in [-0.2, 0) is 37.1 Å². The molecule has 242 valence electrons. The number of amides is 2. The lowest BCUT2D eigenvalue weighted by molar-refractivity contribution is -0.663. The topological polar surface area (TPSA) is 205 Å². The summed E-state index contributed by atoms with van der Waals surface area (Å²) >= 11 is 8.43. The van der Waals surface area contributed by atoms with Gasteiger partial charge in [-0.1, -0.05) is 28.1 Å². The van der Waals surface area contributed by atoms with Gasteiger partial charge in [-0.05, 0) is 26.1 Å². The smallest absolute Gasteiger partial charge is 0.352 e. The first-order valence-electron chi connectivity index (χ1n) is 14.3. The van der Waals surface area contributed by atoms with Crippen molar-refractivity contribution in [2.45, 2.75) is 49.4 Å². The number of rotatable bonds is 13. The number of carboxylic acid groups (broad SMARTS) is 2. The Morgan fingerprint density at radius 3 is 2.74 bits per heavy atom. The standard InChI is InChI=1S/C28H29ClN8O7S2/c1-31-8-3-10-35-11-5-16-15(35)4-2-9-36(16)12-14-13-45-24-19(23(39)37(24)20(14)25(40)41)32-22(38)18(17-21(29)46-27(30)33-17)34-44-28(6-7-28)26(42)43/h2,4-5,9,11,19,24,31H,3,6-8,10,12-13H2,1H3,(H4-,30,32,33,38,40,41,42,43)/p+1/b34-18-. The Labute approximate surface area is 275 Å². The van der Waals surface area contributed by atoms with Crippen LogP contribution in [0.2, 0.25) is 4.34 Å². The highest BCUT2D eigenvalue weighted by atomic mass is 35.5. The van der Waals surface area contributed by atoms with Crippen molar-refractivity contribution in [1.29, 1.82) is 0 Å². The van der Waals surface area contributed by atoms with Gasteiger partial charge < -0.3 is 36.0 Å². The van der Waals surface area contributed by atoms with Gasteiger partial charge in [0.2, 0.25) is 11.1 Å². The fourth-order valence-electron chi connectivity index (χ4n) is 5.44. The molecule has 5 heterocycles. The largest absolute Gasteiger partial charge is 0.478 e. The predicted octanol–water partition coefficient (Wildman–Crippen LogP) is 1.01. The molecule has 0 aromatic carbocycles. The minimum atomic E-state index is -1.56. The van der Waals surface area contributed by atoms with E-state index >= 15 is 0 Å². The van der Waals surface area contributed by atoms with Gasteiger partial charge in [-0.25, -0.2) is 14.6 Å². The lowest BCUT2D eigenvalue weighted by Gasteiger charge is -2.49. The third-order valence-corrected chi connectivity index (χ3v) is 10.4. The second-order valence-electron chi connectivity index (χ2n) is 11.0. The average molecular weight is 690 g/mol. The van der Waals surface area contributed by atoms with E-state index in [0.29, 0.717) is 11.3 Å². The molecular formula is C28H30ClN8O7S2+. The Bertz CT molecular complexity index is 1820. The van der Waals surface area contributed by atoms with Crippen molar-refractivity contribution in [3.63, 3.8) is 0 Å². The van der Waals surface area contributed by atoms with Gasteiger partial charge in [0.15, 0.2) is 23.6 Å². The fourth-order valence-corrected chi connectivity index (χ4v) is 7.70. The molecule has 6 N–H and O–H groups in total. The van der Waals surface area contributed by atoms with Crippen LogP contribution in [-0.4, -0.2) is 90.5 Å². The third kappa shape index (κ3) is 5.78. The van der Waals surface area contributed by atoms with Crippen molar-refractivity contribution in [2.24, 2.45) is 5.16 Å². The summed E-state index contributed by atoms with van der Waals surface area (Å²) in [7, 11) is 1.91. The third-order valence-electron chi connectivity index (χ3n) is 7.98. The van der Waals surface area contributed by atoms with E-state index in [1.807, 2.05) is 42.2 Å². The monoisotopic (exact) mass is 689 g/mol. The van der Waals surface area contributed by atoms with Crippen molar-refractivity contribution in [3.8, 4) is 0 Å². The molecule has 1 saturated carbocycles. The first-order valence-corrected chi connectivity index (χ1v) is 16.5. The zero-order valence-corrected chi connectivity index (χ0v) is 26.8. The summed E-state index contributed by atoms with van der Waals surface area (Å²) < 4.78 is 4.13. The van der Waals surface area contributed by atoms with Crippen LogP contribution in [0.3, 0.4) is 0 Å². The molecule has 1 saturated heterocycles. The van der Waals surface area contributed by atoms with Crippen molar-refractivity contribution >= 4 is 80.3 Å². The van der Waals surface area contributed by atoms with E-state index in [2.05, 4.69) is 25.3 Å². The number of carboxylic acids is 2. The fraction of sp³-hybridized carbons (Fsp3) is 0.393. The molecule has 0 radical (unpaired) electrons. The first-order chi connectivity index (χ1) is 22.0. The van der Waals surface area contributed by atoms with Gasteiger partial charge in [-0.15, -0.1) is 11.8 Å². The maximum absolute atomic E-state index is 13.4. The number of β-lactam (4-membered cyclic amide) rings is 1. The van der Waals surface area contributed by atoms with Gasteiger partial charge in [-0.2, -0.15) is 4.57 Å². The number of aliphatic carboxylic acids is 2. The number of fused-ring (bicyclic) bond motifs is 2. The summed E-state index contributed by atoms with van der Waals surface area (Å²) in [4.78, 5) is 61.4. The van der Waals surface area contributed by atoms with E-state index in [9.17, 15) is 29.4 Å². The van der Waals surface area contributed by atoms with Crippen LogP contribution in [0.1, 0.15) is 25.0 Å². The van der Waals surface area contributed by atoms with Gasteiger partial charge in [-0.3, -0.25) is 14.5 Å². The molecule has 2 aliphatic heterocycles. The number of aryl methyl sites for hydroxylation is 1. The molecule has 2 amide bonds. The molecule has 3 aliphatic rings. The number of oxime groups is 1. The number of pyridine rings is 1. The number of carbonyl (C=O) groups excluding carboxylic acids is 2. The number of carbonyl (C=O) groups is 4. The van der Waals surface area contributed by atoms with E-state index in [-0.39, 0.29) is 40.2 Å². The zero-order valence-electron chi connectivity index (χ0n) is 24.4. The van der Waals surface area contributed by atoms with Gasteiger partial charge >= 0.3 is 11.9 Å². The van der Waals surface area contributed by atoms with Crippen LogP contribution in [0.4, 0.5) is 5.13 Å². The summed E-state index contributed by atoms with van der Waals surface area (Å²) in [6.07, 6.45) is 5.22. The normalized spacial score (nSPS) is 20.3. The summed E-state index contributed by atoms with van der Waals surface area (Å²) in [5.41, 5.74) is 5.99. The van der Waals surface area contributed by atoms with E-state index in [1.54, 1.807) is 0 Å². The van der Waals surface area contributed by atoms with E-state index in [4.69, 9.17) is 22.2 Å². The molecule has 0 spiro atoms. The van der Waals surface area contributed by atoms with Crippen LogP contribution >= 0.6 is 34.7 Å². The highest BCUT2D eigenvalue weighted by Crippen LogP contribution is 2.42. The molecule has 2 atom stereocenters. The van der Waals surface area contributed by atoms with Crippen molar-refractivity contribution in [1.82, 2.24) is 25.1 Å². The number of aromatic nitrogens is 3. The second-order valence-corrected chi connectivity index (χ2v) is 13.7. The molecule has 15 nitrogen and oxygen atoms in total. The maximum Gasteiger partial charge on any atom is 0.352 e. The van der Waals surface area contributed by atoms with E-state index in [1.165, 1.54) is 16.7 Å². The van der Waals surface area contributed by atoms with E-state index in [0.717, 1.165) is 41.9 Å². The summed E-state index contributed by atoms with van der Waals surface area (Å²) in [5, 5.41) is 28.5. The number of halogens is 1. The zero-order chi connectivity index (χ0) is 32.7. The van der Waals surface area contributed by atoms with Gasteiger partial charge in [0.25, 0.3) is 11.8 Å². The number of anilines is 1. The molecule has 0 bridgehead atoms. The number of thiazole rings is 1. The van der Waals surface area contributed by atoms with Crippen LogP contribution in [0.5, 0.6) is 0 Å². The number of nitrogens with one attached hydrogen (secondary N) is 2. The molecule has 18 heteroatoms. The van der Waals surface area contributed by atoms with Crippen LogP contribution in [0.15, 0.2) is 47.0 Å². The summed E-state index contributed by atoms with van der Waals surface area (Å²) in [6, 6.07) is 4.81. The highest BCUT2D eigenvalue weighted by molar-refractivity contribution is 8.00. The van der Waals surface area contributed by atoms with Crippen LogP contribution in [0, 0.1) is 0 Å². The Balaban J connectivity index is 1.22. The van der Waals surface area contributed by atoms with E-state index < -0.39 is 46.5 Å². The second kappa shape index (κ2) is 12.5. The van der Waals surface area contributed by atoms with Crippen LogP contribution < -0.4 is 20.9 Å². The number of nitrogens with two attached hydrogens (primary N) is 1. The van der Waals surface area contributed by atoms with Crippen LogP contribution in [0.25, 0.3) is 11.0 Å². The molecular weight excluding hydrogens is 660 g/mol. The van der Waals surface area contributed by atoms with Crippen molar-refractivity contribution in [2.75, 3.05) is 25.1 Å². The molecule has 2 unspecified atom stereocenters. The molecule has 1 aliphatic carbocycles. The number of hydrogen-bond acceptors (Lipinski definition) is 11. The molecule has 3 aromatic rings. The first kappa shape index (κ1) is 31.8. The van der Waals surface area contributed by atoms with Gasteiger partial charge in [0.05, 0.1) is 0 Å². The number of hydrogen-bond donors (Lipinski definition) is 5. The molecule has 2 fully saturated rings.